The van der Waals surface area contributed by atoms with Crippen LogP contribution in [0.2, 0.25) is 0 Å². The van der Waals surface area contributed by atoms with Crippen LogP contribution >= 0.6 is 11.8 Å². The zero-order valence-electron chi connectivity index (χ0n) is 18.4. The van der Waals surface area contributed by atoms with Crippen LogP contribution in [0.4, 0.5) is 0 Å². The molecular weight excluding hydrogens is 382 g/mol. The summed E-state index contributed by atoms with van der Waals surface area (Å²) < 4.78 is 0. The Balaban J connectivity index is -0.000000226. The summed E-state index contributed by atoms with van der Waals surface area (Å²) in [5.74, 6) is 0.0747. The van der Waals surface area contributed by atoms with E-state index in [4.69, 9.17) is 0 Å². The van der Waals surface area contributed by atoms with E-state index in [1.165, 1.54) is 88.6 Å². The topological polar surface area (TPSA) is 80.3 Å². The molecule has 0 aromatic carbocycles. The Morgan fingerprint density at radius 3 is 1.19 bits per heavy atom. The van der Waals surface area contributed by atoms with Crippen LogP contribution in [0.15, 0.2) is 0 Å². The zero-order valence-corrected chi connectivity index (χ0v) is 23.2. The first-order valence-corrected chi connectivity index (χ1v) is 11.2. The molecule has 0 saturated carbocycles. The van der Waals surface area contributed by atoms with Crippen molar-refractivity contribution in [3.8, 4) is 0 Å². The van der Waals surface area contributed by atoms with E-state index < -0.39 is 24.8 Å². The molecule has 4 nitrogen and oxygen atoms in total. The van der Waals surface area contributed by atoms with Crippen molar-refractivity contribution in [1.82, 2.24) is 0 Å². The molecule has 0 saturated heterocycles. The van der Waals surface area contributed by atoms with Crippen molar-refractivity contribution in [3.63, 3.8) is 0 Å². The number of hydrogen-bond donors (Lipinski definition) is 0. The van der Waals surface area contributed by atoms with Crippen molar-refractivity contribution in [2.45, 2.75) is 104 Å². The van der Waals surface area contributed by atoms with Crippen LogP contribution in [-0.4, -0.2) is 23.4 Å². The number of carbonyl (C=O) groups is 2. The minimum atomic E-state index is -1.37. The van der Waals surface area contributed by atoms with Crippen molar-refractivity contribution in [2.75, 3.05) is 11.5 Å². The fourth-order valence-corrected chi connectivity index (χ4v) is 3.30. The van der Waals surface area contributed by atoms with Gasteiger partial charge in [-0.25, -0.2) is 0 Å². The number of hydrogen-bond acceptors (Lipinski definition) is 5. The van der Waals surface area contributed by atoms with Gasteiger partial charge in [0.1, 0.15) is 0 Å². The summed E-state index contributed by atoms with van der Waals surface area (Å²) in [4.78, 5) is 19.0. The normalized spacial score (nSPS) is 9.41. The van der Waals surface area contributed by atoms with Gasteiger partial charge in [-0.2, -0.15) is 11.8 Å². The number of carboxylic acids is 2. The van der Waals surface area contributed by atoms with Gasteiger partial charge in [0.2, 0.25) is 0 Å². The third-order valence-corrected chi connectivity index (χ3v) is 4.97. The maximum atomic E-state index is 9.50. The van der Waals surface area contributed by atoms with Crippen LogP contribution in [0.1, 0.15) is 104 Å². The summed E-state index contributed by atoms with van der Waals surface area (Å²) >= 11 is 2.18. The number of thioether (sulfide) groups is 1. The summed E-state index contributed by atoms with van der Waals surface area (Å²) in [7, 11) is 0. The van der Waals surface area contributed by atoms with Crippen LogP contribution in [-0.2, 0) is 9.59 Å². The second-order valence-corrected chi connectivity index (χ2v) is 7.62. The van der Waals surface area contributed by atoms with Crippen LogP contribution in [0, 0.1) is 0 Å². The Hall–Kier alpha value is 1.29. The van der Waals surface area contributed by atoms with Crippen molar-refractivity contribution in [1.29, 1.82) is 0 Å². The molecule has 0 radical (unpaired) electrons. The Labute approximate surface area is 216 Å². The van der Waals surface area contributed by atoms with E-state index in [0.29, 0.717) is 0 Å². The van der Waals surface area contributed by atoms with Crippen molar-refractivity contribution >= 4 is 23.7 Å². The number of carbonyl (C=O) groups excluding carboxylic acids is 2. The van der Waals surface area contributed by atoms with Gasteiger partial charge >= 0.3 is 59.1 Å². The predicted molar refractivity (Wildman–Crippen MR) is 103 cm³/mol. The van der Waals surface area contributed by atoms with Gasteiger partial charge in [0.15, 0.2) is 0 Å². The summed E-state index contributed by atoms with van der Waals surface area (Å²) in [6, 6.07) is 0. The molecule has 150 valence electrons. The van der Waals surface area contributed by atoms with Crippen molar-refractivity contribution in [3.05, 3.63) is 0 Å². The minimum absolute atomic E-state index is 0. The fourth-order valence-electron chi connectivity index (χ4n) is 2.28. The number of aliphatic carboxylic acids is 2. The molecule has 0 aliphatic heterocycles. The first-order chi connectivity index (χ1) is 12.0. The quantitative estimate of drug-likeness (QED) is 0.196. The van der Waals surface area contributed by atoms with E-state index >= 15 is 0 Å². The number of unbranched alkanes of at least 4 members (excludes halogenated alkanes) is 10. The van der Waals surface area contributed by atoms with Crippen molar-refractivity contribution < 1.29 is 78.9 Å². The summed E-state index contributed by atoms with van der Waals surface area (Å²) in [5, 5.41) is 19.0. The average molecular weight is 421 g/mol. The van der Waals surface area contributed by atoms with Gasteiger partial charge in [-0.3, -0.25) is 0 Å². The predicted octanol–water partition coefficient (Wildman–Crippen LogP) is -2.28. The molecule has 0 amide bonds. The largest absolute Gasteiger partial charge is 1.00 e. The summed E-state index contributed by atoms with van der Waals surface area (Å²) in [6.45, 7) is 4.58. The molecule has 0 aliphatic rings. The molecule has 0 rings (SSSR count). The molecule has 0 heterocycles. The van der Waals surface area contributed by atoms with E-state index in [-0.39, 0.29) is 59.1 Å². The van der Waals surface area contributed by atoms with E-state index in [1.807, 2.05) is 0 Å². The third-order valence-electron chi connectivity index (χ3n) is 3.82. The monoisotopic (exact) mass is 420 g/mol. The second-order valence-electron chi connectivity index (χ2n) is 6.39. The maximum Gasteiger partial charge on any atom is 1.00 e. The van der Waals surface area contributed by atoms with Crippen molar-refractivity contribution in [2.24, 2.45) is 0 Å². The molecule has 0 unspecified atom stereocenters. The molecule has 0 atom stereocenters. The molecule has 27 heavy (non-hydrogen) atoms. The molecular formula is C20H38Na2O4S. The number of rotatable bonds is 17. The minimum Gasteiger partial charge on any atom is -0.550 e. The number of carboxylic acid groups (broad SMARTS) is 2. The van der Waals surface area contributed by atoms with Crippen LogP contribution in [0.3, 0.4) is 0 Å². The average Bonchev–Trinajstić information content (AvgIpc) is 2.58. The Morgan fingerprint density at radius 2 is 0.889 bits per heavy atom. The maximum absolute atomic E-state index is 9.50. The van der Waals surface area contributed by atoms with E-state index in [1.54, 1.807) is 0 Å². The van der Waals surface area contributed by atoms with Gasteiger partial charge in [-0.15, -0.1) is 0 Å². The van der Waals surface area contributed by atoms with Crippen LogP contribution in [0.5, 0.6) is 0 Å². The van der Waals surface area contributed by atoms with Crippen LogP contribution in [0.25, 0.3) is 0 Å². The SMILES string of the molecule is CCCCCCCCSCCCCCCCC.O=C([O-])CCC(=O)[O-].[Na+].[Na+]. The van der Waals surface area contributed by atoms with E-state index in [2.05, 4.69) is 25.6 Å². The molecule has 7 heteroatoms. The Kier molecular flexibility index (Phi) is 42.3. The van der Waals surface area contributed by atoms with Gasteiger partial charge in [-0.1, -0.05) is 78.1 Å². The Bertz CT molecular complexity index is 278. The van der Waals surface area contributed by atoms with Gasteiger partial charge in [0.05, 0.1) is 0 Å². The standard InChI is InChI=1S/C16H34S.C4H6O4.2Na/c1-3-5-7-9-11-13-15-17-16-14-12-10-8-6-4-2;5-3(6)1-2-4(7)8;;/h3-16H2,1-2H3;1-2H2,(H,5,6)(H,7,8);;/q;;2*+1/p-2. The molecule has 0 N–H and O–H groups in total. The first-order valence-electron chi connectivity index (χ1n) is 10.0. The fraction of sp³-hybridized carbons (Fsp3) is 0.900. The summed E-state index contributed by atoms with van der Waals surface area (Å²) in [6.07, 6.45) is 16.3. The van der Waals surface area contributed by atoms with Gasteiger partial charge in [-0.05, 0) is 37.2 Å². The van der Waals surface area contributed by atoms with Gasteiger partial charge in [0.25, 0.3) is 0 Å². The molecule has 0 fully saturated rings. The zero-order chi connectivity index (χ0) is 19.2. The Morgan fingerprint density at radius 1 is 0.593 bits per heavy atom. The molecule has 0 spiro atoms. The molecule has 0 aliphatic carbocycles. The second kappa shape index (κ2) is 32.0. The third kappa shape index (κ3) is 42.4. The van der Waals surface area contributed by atoms with Gasteiger partial charge < -0.3 is 19.8 Å². The molecule has 0 aromatic heterocycles. The first kappa shape index (κ1) is 35.7. The molecule has 0 aromatic rings. The smallest absolute Gasteiger partial charge is 0.550 e. The molecule has 0 bridgehead atoms. The van der Waals surface area contributed by atoms with Gasteiger partial charge in [0, 0.05) is 11.9 Å². The summed E-state index contributed by atoms with van der Waals surface area (Å²) in [5.41, 5.74) is 0. The van der Waals surface area contributed by atoms with Crippen LogP contribution < -0.4 is 69.3 Å². The van der Waals surface area contributed by atoms with E-state index in [9.17, 15) is 19.8 Å². The van der Waals surface area contributed by atoms with E-state index in [0.717, 1.165) is 0 Å².